The van der Waals surface area contributed by atoms with Crippen LogP contribution in [-0.4, -0.2) is 57.0 Å². The number of piperidine rings is 1. The van der Waals surface area contributed by atoms with E-state index in [9.17, 15) is 9.59 Å². The lowest BCUT2D eigenvalue weighted by Gasteiger charge is -2.26. The highest BCUT2D eigenvalue weighted by Crippen LogP contribution is 2.08. The van der Waals surface area contributed by atoms with Gasteiger partial charge in [-0.15, -0.1) is 10.2 Å². The zero-order valence-electron chi connectivity index (χ0n) is 9.35. The van der Waals surface area contributed by atoms with E-state index in [1.165, 1.54) is 6.42 Å². The van der Waals surface area contributed by atoms with Crippen molar-refractivity contribution in [1.82, 2.24) is 30.8 Å². The lowest BCUT2D eigenvalue weighted by Crippen LogP contribution is -2.42. The highest BCUT2D eigenvalue weighted by atomic mass is 16.2. The van der Waals surface area contributed by atoms with Gasteiger partial charge in [0.2, 0.25) is 5.91 Å². The molecule has 1 fully saturated rings. The van der Waals surface area contributed by atoms with Crippen molar-refractivity contribution in [1.29, 1.82) is 0 Å². The number of likely N-dealkylation sites (tertiary alicyclic amines) is 1. The number of rotatable bonds is 3. The topological polar surface area (TPSA) is 104 Å². The molecule has 1 aliphatic rings. The second-order valence-electron chi connectivity index (χ2n) is 3.86. The summed E-state index contributed by atoms with van der Waals surface area (Å²) in [5.41, 5.74) is 0. The molecule has 2 amide bonds. The van der Waals surface area contributed by atoms with Crippen molar-refractivity contribution in [2.45, 2.75) is 19.3 Å². The molecule has 0 aliphatic carbocycles. The SMILES string of the molecule is O=C(NCC(=O)N1CCCCC1)c1nn[nH]n1. The van der Waals surface area contributed by atoms with Crippen molar-refractivity contribution in [2.24, 2.45) is 0 Å². The summed E-state index contributed by atoms with van der Waals surface area (Å²) in [4.78, 5) is 24.9. The molecule has 0 spiro atoms. The van der Waals surface area contributed by atoms with Crippen LogP contribution in [0, 0.1) is 0 Å². The quantitative estimate of drug-likeness (QED) is 0.698. The Kier molecular flexibility index (Phi) is 3.63. The molecule has 1 aliphatic heterocycles. The molecule has 0 unspecified atom stereocenters. The molecule has 2 heterocycles. The van der Waals surface area contributed by atoms with E-state index in [0.29, 0.717) is 0 Å². The van der Waals surface area contributed by atoms with Crippen molar-refractivity contribution >= 4 is 11.8 Å². The Balaban J connectivity index is 1.77. The van der Waals surface area contributed by atoms with Gasteiger partial charge >= 0.3 is 0 Å². The molecular weight excluding hydrogens is 224 g/mol. The minimum atomic E-state index is -0.496. The van der Waals surface area contributed by atoms with Crippen molar-refractivity contribution in [3.63, 3.8) is 0 Å². The molecule has 8 nitrogen and oxygen atoms in total. The number of aromatic nitrogens is 4. The van der Waals surface area contributed by atoms with Gasteiger partial charge in [-0.2, -0.15) is 5.21 Å². The van der Waals surface area contributed by atoms with Gasteiger partial charge < -0.3 is 10.2 Å². The van der Waals surface area contributed by atoms with Crippen molar-refractivity contribution < 1.29 is 9.59 Å². The number of hydrogen-bond donors (Lipinski definition) is 2. The van der Waals surface area contributed by atoms with Gasteiger partial charge in [0, 0.05) is 13.1 Å². The molecule has 1 saturated heterocycles. The Morgan fingerprint density at radius 2 is 2.06 bits per heavy atom. The predicted octanol–water partition coefficient (Wildman–Crippen LogP) is -1.06. The van der Waals surface area contributed by atoms with E-state index in [0.717, 1.165) is 25.9 Å². The largest absolute Gasteiger partial charge is 0.341 e. The van der Waals surface area contributed by atoms with Gasteiger partial charge in [-0.25, -0.2) is 0 Å². The van der Waals surface area contributed by atoms with Crippen LogP contribution in [0.2, 0.25) is 0 Å². The number of amides is 2. The van der Waals surface area contributed by atoms with E-state index in [1.807, 2.05) is 0 Å². The van der Waals surface area contributed by atoms with Crippen LogP contribution in [-0.2, 0) is 4.79 Å². The van der Waals surface area contributed by atoms with E-state index in [4.69, 9.17) is 0 Å². The average Bonchev–Trinajstić information content (AvgIpc) is 2.90. The van der Waals surface area contributed by atoms with Crippen LogP contribution < -0.4 is 5.32 Å². The number of nitrogens with one attached hydrogen (secondary N) is 2. The fraction of sp³-hybridized carbons (Fsp3) is 0.667. The summed E-state index contributed by atoms with van der Waals surface area (Å²) >= 11 is 0. The number of hydrogen-bond acceptors (Lipinski definition) is 5. The molecule has 2 rings (SSSR count). The van der Waals surface area contributed by atoms with E-state index in [2.05, 4.69) is 25.9 Å². The predicted molar refractivity (Wildman–Crippen MR) is 56.9 cm³/mol. The van der Waals surface area contributed by atoms with E-state index in [1.54, 1.807) is 4.90 Å². The number of carbonyl (C=O) groups is 2. The second-order valence-corrected chi connectivity index (χ2v) is 3.86. The molecule has 0 aromatic carbocycles. The Morgan fingerprint density at radius 3 is 2.71 bits per heavy atom. The van der Waals surface area contributed by atoms with E-state index >= 15 is 0 Å². The zero-order chi connectivity index (χ0) is 12.1. The normalized spacial score (nSPS) is 15.6. The molecule has 17 heavy (non-hydrogen) atoms. The van der Waals surface area contributed by atoms with Gasteiger partial charge in [0.15, 0.2) is 0 Å². The summed E-state index contributed by atoms with van der Waals surface area (Å²) in [5.74, 6) is -0.623. The maximum absolute atomic E-state index is 11.7. The highest BCUT2D eigenvalue weighted by molar-refractivity contribution is 5.93. The molecule has 2 N–H and O–H groups in total. The molecule has 1 aromatic rings. The molecular formula is C9H14N6O2. The molecule has 92 valence electrons. The van der Waals surface area contributed by atoms with Crippen LogP contribution in [0.25, 0.3) is 0 Å². The van der Waals surface area contributed by atoms with Crippen LogP contribution in [0.15, 0.2) is 0 Å². The first kappa shape index (κ1) is 11.5. The van der Waals surface area contributed by atoms with E-state index in [-0.39, 0.29) is 18.3 Å². The van der Waals surface area contributed by atoms with Crippen LogP contribution in [0.4, 0.5) is 0 Å². The number of nitrogens with zero attached hydrogens (tertiary/aromatic N) is 4. The van der Waals surface area contributed by atoms with Gasteiger partial charge in [0.05, 0.1) is 6.54 Å². The number of carbonyl (C=O) groups excluding carboxylic acids is 2. The standard InChI is InChI=1S/C9H14N6O2/c16-7(15-4-2-1-3-5-15)6-10-9(17)8-11-13-14-12-8/h1-6H2,(H,10,17)(H,11,12,13,14). The third-order valence-corrected chi connectivity index (χ3v) is 2.66. The van der Waals surface area contributed by atoms with Crippen LogP contribution in [0.5, 0.6) is 0 Å². The van der Waals surface area contributed by atoms with Crippen molar-refractivity contribution in [3.05, 3.63) is 5.82 Å². The summed E-state index contributed by atoms with van der Waals surface area (Å²) in [6.45, 7) is 1.53. The fourth-order valence-electron chi connectivity index (χ4n) is 1.75. The number of tetrazole rings is 1. The summed E-state index contributed by atoms with van der Waals surface area (Å²) in [6, 6.07) is 0. The minimum absolute atomic E-state index is 0.0205. The summed E-state index contributed by atoms with van der Waals surface area (Å²) in [6.07, 6.45) is 3.23. The highest BCUT2D eigenvalue weighted by Gasteiger charge is 2.18. The summed E-state index contributed by atoms with van der Waals surface area (Å²) in [7, 11) is 0. The average molecular weight is 238 g/mol. The third-order valence-electron chi connectivity index (χ3n) is 2.66. The van der Waals surface area contributed by atoms with Gasteiger partial charge in [-0.05, 0) is 24.5 Å². The van der Waals surface area contributed by atoms with E-state index < -0.39 is 5.91 Å². The van der Waals surface area contributed by atoms with Crippen LogP contribution >= 0.6 is 0 Å². The molecule has 0 bridgehead atoms. The second kappa shape index (κ2) is 5.37. The minimum Gasteiger partial charge on any atom is -0.341 e. The first-order valence-corrected chi connectivity index (χ1v) is 5.57. The maximum atomic E-state index is 11.7. The van der Waals surface area contributed by atoms with Gasteiger partial charge in [0.25, 0.3) is 11.7 Å². The van der Waals surface area contributed by atoms with Crippen molar-refractivity contribution in [2.75, 3.05) is 19.6 Å². The first-order valence-electron chi connectivity index (χ1n) is 5.57. The Morgan fingerprint density at radius 1 is 1.29 bits per heavy atom. The van der Waals surface area contributed by atoms with Crippen LogP contribution in [0.1, 0.15) is 29.9 Å². The Hall–Kier alpha value is -1.99. The number of H-pyrrole nitrogens is 1. The van der Waals surface area contributed by atoms with Crippen LogP contribution in [0.3, 0.4) is 0 Å². The Labute approximate surface area is 97.8 Å². The molecule has 0 radical (unpaired) electrons. The lowest BCUT2D eigenvalue weighted by molar-refractivity contribution is -0.130. The lowest BCUT2D eigenvalue weighted by atomic mass is 10.1. The molecule has 8 heteroatoms. The van der Waals surface area contributed by atoms with Gasteiger partial charge in [0.1, 0.15) is 0 Å². The third kappa shape index (κ3) is 2.99. The summed E-state index contributed by atoms with van der Waals surface area (Å²) < 4.78 is 0. The Bertz CT molecular complexity index is 384. The fourth-order valence-corrected chi connectivity index (χ4v) is 1.75. The zero-order valence-corrected chi connectivity index (χ0v) is 9.35. The molecule has 0 saturated carbocycles. The van der Waals surface area contributed by atoms with Gasteiger partial charge in [-0.1, -0.05) is 0 Å². The maximum Gasteiger partial charge on any atom is 0.293 e. The van der Waals surface area contributed by atoms with Crippen molar-refractivity contribution in [3.8, 4) is 0 Å². The van der Waals surface area contributed by atoms with Gasteiger partial charge in [-0.3, -0.25) is 9.59 Å². The summed E-state index contributed by atoms with van der Waals surface area (Å²) in [5, 5.41) is 15.0. The number of aromatic amines is 1. The first-order chi connectivity index (χ1) is 8.27. The monoisotopic (exact) mass is 238 g/mol. The smallest absolute Gasteiger partial charge is 0.293 e. The molecule has 1 aromatic heterocycles. The molecule has 0 atom stereocenters.